The molecule has 0 bridgehead atoms. The lowest BCUT2D eigenvalue weighted by Gasteiger charge is -2.21. The Balaban J connectivity index is 0.00000312. The van der Waals surface area contributed by atoms with Crippen molar-refractivity contribution in [2.24, 2.45) is 4.99 Å². The van der Waals surface area contributed by atoms with Gasteiger partial charge >= 0.3 is 6.18 Å². The Morgan fingerprint density at radius 2 is 2.28 bits per heavy atom. The van der Waals surface area contributed by atoms with Crippen LogP contribution in [-0.4, -0.2) is 61.1 Å². The summed E-state index contributed by atoms with van der Waals surface area (Å²) in [5, 5.41) is 15.1. The van der Waals surface area contributed by atoms with Crippen LogP contribution in [0.25, 0.3) is 0 Å². The maximum Gasteiger partial charge on any atom is 0.416 e. The monoisotopic (exact) mass is 493 g/mol. The van der Waals surface area contributed by atoms with Crippen molar-refractivity contribution in [3.63, 3.8) is 0 Å². The first-order chi connectivity index (χ1) is 11.3. The van der Waals surface area contributed by atoms with Crippen molar-refractivity contribution in [2.45, 2.75) is 24.7 Å². The lowest BCUT2D eigenvalue weighted by atomic mass is 10.3. The molecule has 0 amide bonds. The van der Waals surface area contributed by atoms with Gasteiger partial charge in [-0.3, -0.25) is 4.99 Å². The standard InChI is InChI=1S/C14H19ClF3N5O.HI/c1-19-13(21-7-11(24)14(16,17)18)22-9-4-6-23(8-9)12-10(15)3-2-5-20-12;/h2-3,5,9,11,24H,4,6-8H2,1H3,(H2,19,21,22);1H. The molecule has 1 aliphatic heterocycles. The Morgan fingerprint density at radius 1 is 1.56 bits per heavy atom. The highest BCUT2D eigenvalue weighted by Crippen LogP contribution is 2.25. The first-order valence-electron chi connectivity index (χ1n) is 7.38. The van der Waals surface area contributed by atoms with Crippen LogP contribution in [0.2, 0.25) is 5.02 Å². The third kappa shape index (κ3) is 6.33. The van der Waals surface area contributed by atoms with Gasteiger partial charge in [0, 0.05) is 32.4 Å². The van der Waals surface area contributed by atoms with Crippen LogP contribution >= 0.6 is 35.6 Å². The lowest BCUT2D eigenvalue weighted by Crippen LogP contribution is -2.48. The number of alkyl halides is 3. The molecule has 0 radical (unpaired) electrons. The minimum atomic E-state index is -4.66. The first-order valence-corrected chi connectivity index (χ1v) is 7.76. The smallest absolute Gasteiger partial charge is 0.382 e. The maximum atomic E-state index is 12.3. The van der Waals surface area contributed by atoms with Crippen LogP contribution in [0.5, 0.6) is 0 Å². The average molecular weight is 494 g/mol. The van der Waals surface area contributed by atoms with Crippen molar-refractivity contribution in [1.29, 1.82) is 0 Å². The fraction of sp³-hybridized carbons (Fsp3) is 0.571. The number of nitrogens with one attached hydrogen (secondary N) is 2. The van der Waals surface area contributed by atoms with Crippen molar-refractivity contribution in [2.75, 3.05) is 31.6 Å². The highest BCUT2D eigenvalue weighted by molar-refractivity contribution is 14.0. The van der Waals surface area contributed by atoms with Gasteiger partial charge in [0.25, 0.3) is 0 Å². The van der Waals surface area contributed by atoms with Gasteiger partial charge in [-0.1, -0.05) is 11.6 Å². The van der Waals surface area contributed by atoms with Gasteiger partial charge in [-0.15, -0.1) is 24.0 Å². The number of halogens is 5. The van der Waals surface area contributed by atoms with Crippen LogP contribution < -0.4 is 15.5 Å². The first kappa shape index (κ1) is 22.0. The fourth-order valence-corrected chi connectivity index (χ4v) is 2.62. The molecule has 6 nitrogen and oxygen atoms in total. The zero-order valence-electron chi connectivity index (χ0n) is 13.4. The number of pyridine rings is 1. The molecule has 2 atom stereocenters. The zero-order valence-corrected chi connectivity index (χ0v) is 16.5. The van der Waals surface area contributed by atoms with Gasteiger partial charge in [-0.05, 0) is 18.6 Å². The number of hydrogen-bond acceptors (Lipinski definition) is 4. The Labute approximate surface area is 165 Å². The molecule has 11 heteroatoms. The van der Waals surface area contributed by atoms with E-state index in [-0.39, 0.29) is 36.0 Å². The van der Waals surface area contributed by atoms with Gasteiger partial charge in [-0.2, -0.15) is 13.2 Å². The number of rotatable bonds is 4. The molecule has 1 aliphatic rings. The van der Waals surface area contributed by atoms with Crippen molar-refractivity contribution >= 4 is 47.4 Å². The predicted molar refractivity (Wildman–Crippen MR) is 102 cm³/mol. The summed E-state index contributed by atoms with van der Waals surface area (Å²) in [4.78, 5) is 10.1. The van der Waals surface area contributed by atoms with Crippen molar-refractivity contribution < 1.29 is 18.3 Å². The van der Waals surface area contributed by atoms with Gasteiger partial charge in [-0.25, -0.2) is 4.98 Å². The van der Waals surface area contributed by atoms with E-state index < -0.39 is 18.8 Å². The van der Waals surface area contributed by atoms with E-state index in [1.165, 1.54) is 7.05 Å². The quantitative estimate of drug-likeness (QED) is 0.340. The van der Waals surface area contributed by atoms with E-state index >= 15 is 0 Å². The number of hydrogen-bond donors (Lipinski definition) is 3. The summed E-state index contributed by atoms with van der Waals surface area (Å²) in [5.41, 5.74) is 0. The summed E-state index contributed by atoms with van der Waals surface area (Å²) in [6.07, 6.45) is -4.69. The summed E-state index contributed by atoms with van der Waals surface area (Å²) in [5.74, 6) is 0.885. The van der Waals surface area contributed by atoms with E-state index in [1.807, 2.05) is 4.90 Å². The van der Waals surface area contributed by atoms with Crippen molar-refractivity contribution in [1.82, 2.24) is 15.6 Å². The second kappa shape index (κ2) is 9.62. The van der Waals surface area contributed by atoms with Gasteiger partial charge in [0.05, 0.1) is 11.6 Å². The third-order valence-electron chi connectivity index (χ3n) is 3.63. The largest absolute Gasteiger partial charge is 0.416 e. The number of aliphatic hydroxyl groups excluding tert-OH is 1. The topological polar surface area (TPSA) is 72.8 Å². The van der Waals surface area contributed by atoms with Crippen LogP contribution in [0.3, 0.4) is 0 Å². The Kier molecular flexibility index (Phi) is 8.48. The molecular formula is C14H20ClF3IN5O. The number of guanidine groups is 1. The molecule has 1 saturated heterocycles. The maximum absolute atomic E-state index is 12.3. The molecule has 0 spiro atoms. The third-order valence-corrected chi connectivity index (χ3v) is 3.93. The zero-order chi connectivity index (χ0) is 17.7. The molecule has 142 valence electrons. The molecule has 2 unspecified atom stereocenters. The normalized spacial score (nSPS) is 19.4. The van der Waals surface area contributed by atoms with E-state index in [9.17, 15) is 13.2 Å². The summed E-state index contributed by atoms with van der Waals surface area (Å²) >= 11 is 6.12. The average Bonchev–Trinajstić information content (AvgIpc) is 2.98. The van der Waals surface area contributed by atoms with E-state index in [4.69, 9.17) is 16.7 Å². The molecule has 1 aromatic rings. The van der Waals surface area contributed by atoms with Gasteiger partial charge in [0.15, 0.2) is 12.1 Å². The summed E-state index contributed by atoms with van der Waals surface area (Å²) in [6.45, 7) is 0.654. The second-order valence-electron chi connectivity index (χ2n) is 5.40. The highest BCUT2D eigenvalue weighted by Gasteiger charge is 2.38. The van der Waals surface area contributed by atoms with E-state index in [1.54, 1.807) is 18.3 Å². The van der Waals surface area contributed by atoms with E-state index in [0.29, 0.717) is 17.4 Å². The van der Waals surface area contributed by atoms with E-state index in [2.05, 4.69) is 20.6 Å². The van der Waals surface area contributed by atoms with E-state index in [0.717, 1.165) is 13.0 Å². The molecular weight excluding hydrogens is 474 g/mol. The number of aliphatic hydroxyl groups is 1. The number of anilines is 1. The summed E-state index contributed by atoms with van der Waals surface area (Å²) < 4.78 is 36.9. The number of aliphatic imine (C=N–C) groups is 1. The van der Waals surface area contributed by atoms with Gasteiger partial charge < -0.3 is 20.6 Å². The molecule has 2 heterocycles. The Hall–Kier alpha value is -1.01. The van der Waals surface area contributed by atoms with Crippen LogP contribution in [0.1, 0.15) is 6.42 Å². The Morgan fingerprint density at radius 3 is 2.88 bits per heavy atom. The van der Waals surface area contributed by atoms with Crippen LogP contribution in [0, 0.1) is 0 Å². The van der Waals surface area contributed by atoms with Crippen molar-refractivity contribution in [3.8, 4) is 0 Å². The van der Waals surface area contributed by atoms with Crippen LogP contribution in [0.4, 0.5) is 19.0 Å². The lowest BCUT2D eigenvalue weighted by molar-refractivity contribution is -0.201. The summed E-state index contributed by atoms with van der Waals surface area (Å²) in [7, 11) is 1.46. The second-order valence-corrected chi connectivity index (χ2v) is 5.80. The minimum absolute atomic E-state index is 0. The van der Waals surface area contributed by atoms with Gasteiger partial charge in [0.2, 0.25) is 0 Å². The summed E-state index contributed by atoms with van der Waals surface area (Å²) in [6, 6.07) is 3.48. The Bertz CT molecular complexity index is 590. The van der Waals surface area contributed by atoms with Crippen molar-refractivity contribution in [3.05, 3.63) is 23.4 Å². The molecule has 25 heavy (non-hydrogen) atoms. The molecule has 0 aromatic carbocycles. The minimum Gasteiger partial charge on any atom is -0.382 e. The molecule has 2 rings (SSSR count). The molecule has 3 N–H and O–H groups in total. The van der Waals surface area contributed by atoms with Crippen LogP contribution in [0.15, 0.2) is 23.3 Å². The fourth-order valence-electron chi connectivity index (χ4n) is 2.38. The van der Waals surface area contributed by atoms with Gasteiger partial charge in [0.1, 0.15) is 5.82 Å². The number of aromatic nitrogens is 1. The molecule has 0 saturated carbocycles. The molecule has 0 aliphatic carbocycles. The SMILES string of the molecule is CN=C(NCC(O)C(F)(F)F)NC1CCN(c2ncccc2Cl)C1.I. The number of nitrogens with zero attached hydrogens (tertiary/aromatic N) is 3. The molecule has 1 aromatic heterocycles. The predicted octanol–water partition coefficient (Wildman–Crippen LogP) is 2.02. The molecule has 1 fully saturated rings. The highest BCUT2D eigenvalue weighted by atomic mass is 127. The van der Waals surface area contributed by atoms with Crippen LogP contribution in [-0.2, 0) is 0 Å².